The number of nitrogen functional groups attached to an aromatic ring is 1. The molecular weight excluding hydrogens is 284 g/mol. The number of carbonyl (C=O) groups is 1. The van der Waals surface area contributed by atoms with Crippen LogP contribution in [0.1, 0.15) is 30.0 Å². The number of pyridine rings is 1. The number of hydrogen-bond donors (Lipinski definition) is 2. The molecular formula is C15H18N4O3. The van der Waals surface area contributed by atoms with Crippen LogP contribution in [0.15, 0.2) is 18.5 Å². The summed E-state index contributed by atoms with van der Waals surface area (Å²) in [5, 5.41) is 12.8. The molecule has 3 rings (SSSR count). The summed E-state index contributed by atoms with van der Waals surface area (Å²) in [5.41, 5.74) is 9.98. The van der Waals surface area contributed by atoms with Gasteiger partial charge in [0.05, 0.1) is 23.3 Å². The number of hydrogen-bond acceptors (Lipinski definition) is 5. The molecule has 0 atom stereocenters. The molecule has 1 aliphatic rings. The summed E-state index contributed by atoms with van der Waals surface area (Å²) >= 11 is 0. The van der Waals surface area contributed by atoms with E-state index < -0.39 is 6.09 Å². The molecule has 0 radical (unpaired) electrons. The lowest BCUT2D eigenvalue weighted by atomic mass is 9.93. The normalized spacial score (nSPS) is 15.9. The summed E-state index contributed by atoms with van der Waals surface area (Å²) in [6.45, 7) is 3.34. The molecule has 2 aromatic rings. The van der Waals surface area contributed by atoms with E-state index in [1.165, 1.54) is 12.4 Å². The molecule has 22 heavy (non-hydrogen) atoms. The molecule has 0 saturated carbocycles. The van der Waals surface area contributed by atoms with Crippen molar-refractivity contribution in [2.24, 2.45) is 0 Å². The Hall–Kier alpha value is -2.41. The van der Waals surface area contributed by atoms with Crippen LogP contribution < -0.4 is 5.73 Å². The molecule has 1 aliphatic heterocycles. The zero-order valence-electron chi connectivity index (χ0n) is 12.3. The van der Waals surface area contributed by atoms with E-state index in [1.807, 2.05) is 13.0 Å². The lowest BCUT2D eigenvalue weighted by Gasteiger charge is -2.23. The van der Waals surface area contributed by atoms with Gasteiger partial charge in [0.25, 0.3) is 0 Å². The number of ether oxygens (including phenoxy) is 1. The Morgan fingerprint density at radius 2 is 2.18 bits per heavy atom. The molecule has 7 nitrogen and oxygen atoms in total. The number of nitrogens with zero attached hydrogens (tertiary/aromatic N) is 3. The molecule has 1 saturated heterocycles. The number of nitrogens with two attached hydrogens (primary N) is 1. The minimum atomic E-state index is -1.12. The number of carboxylic acid groups (broad SMARTS) is 1. The van der Waals surface area contributed by atoms with Crippen molar-refractivity contribution < 1.29 is 14.6 Å². The van der Waals surface area contributed by atoms with Gasteiger partial charge in [-0.25, -0.2) is 9.78 Å². The molecule has 0 amide bonds. The van der Waals surface area contributed by atoms with Crippen LogP contribution in [0, 0.1) is 6.92 Å². The lowest BCUT2D eigenvalue weighted by Crippen LogP contribution is -2.17. The molecule has 0 bridgehead atoms. The largest absolute Gasteiger partial charge is 0.463 e. The quantitative estimate of drug-likeness (QED) is 0.882. The van der Waals surface area contributed by atoms with E-state index in [-0.39, 0.29) is 5.92 Å². The van der Waals surface area contributed by atoms with Crippen molar-refractivity contribution in [1.82, 2.24) is 14.8 Å². The molecule has 2 aromatic heterocycles. The maximum absolute atomic E-state index is 10.9. The Balaban J connectivity index is 2.01. The Kier molecular flexibility index (Phi) is 3.81. The third kappa shape index (κ3) is 2.67. The first-order chi connectivity index (χ1) is 10.6. The monoisotopic (exact) mass is 302 g/mol. The lowest BCUT2D eigenvalue weighted by molar-refractivity contribution is 0.0847. The Labute approximate surface area is 127 Å². The van der Waals surface area contributed by atoms with E-state index in [0.29, 0.717) is 24.5 Å². The van der Waals surface area contributed by atoms with E-state index in [2.05, 4.69) is 5.10 Å². The Morgan fingerprint density at radius 1 is 1.45 bits per heavy atom. The number of aryl methyl sites for hydroxylation is 1. The standard InChI is InChI=1S/C15H18N4O3/c1-9-6-12(16)14(10-2-4-22-5-3-10)18-13(9)11-7-17-19(8-11)15(20)21/h6-8,10H,2-5,16H2,1H3,(H,20,21). The zero-order chi connectivity index (χ0) is 15.7. The third-order valence-electron chi connectivity index (χ3n) is 3.93. The summed E-state index contributed by atoms with van der Waals surface area (Å²) in [6.07, 6.45) is 3.64. The van der Waals surface area contributed by atoms with Crippen molar-refractivity contribution in [2.45, 2.75) is 25.7 Å². The van der Waals surface area contributed by atoms with Gasteiger partial charge in [-0.1, -0.05) is 0 Å². The number of rotatable bonds is 2. The molecule has 0 spiro atoms. The zero-order valence-corrected chi connectivity index (χ0v) is 12.3. The van der Waals surface area contributed by atoms with Gasteiger partial charge in [-0.05, 0) is 31.4 Å². The Bertz CT molecular complexity index is 705. The molecule has 3 N–H and O–H groups in total. The predicted molar refractivity (Wildman–Crippen MR) is 80.8 cm³/mol. The molecule has 3 heterocycles. The first kappa shape index (κ1) is 14.5. The van der Waals surface area contributed by atoms with Crippen molar-refractivity contribution in [2.75, 3.05) is 18.9 Å². The van der Waals surface area contributed by atoms with Gasteiger partial charge in [-0.3, -0.25) is 0 Å². The fourth-order valence-corrected chi connectivity index (χ4v) is 2.79. The summed E-state index contributed by atoms with van der Waals surface area (Å²) < 4.78 is 6.26. The summed E-state index contributed by atoms with van der Waals surface area (Å²) in [4.78, 5) is 15.7. The average Bonchev–Trinajstić information content (AvgIpc) is 2.98. The number of anilines is 1. The first-order valence-corrected chi connectivity index (χ1v) is 7.19. The maximum Gasteiger partial charge on any atom is 0.432 e. The molecule has 116 valence electrons. The highest BCUT2D eigenvalue weighted by molar-refractivity contribution is 5.71. The van der Waals surface area contributed by atoms with Gasteiger partial charge in [-0.15, -0.1) is 0 Å². The van der Waals surface area contributed by atoms with Crippen molar-refractivity contribution in [3.8, 4) is 11.3 Å². The summed E-state index contributed by atoms with van der Waals surface area (Å²) in [6, 6.07) is 1.89. The molecule has 0 unspecified atom stereocenters. The molecule has 7 heteroatoms. The van der Waals surface area contributed by atoms with Crippen molar-refractivity contribution in [3.05, 3.63) is 29.7 Å². The highest BCUT2D eigenvalue weighted by Crippen LogP contribution is 2.33. The number of aromatic nitrogens is 3. The smallest absolute Gasteiger partial charge is 0.432 e. The van der Waals surface area contributed by atoms with Crippen molar-refractivity contribution >= 4 is 11.8 Å². The maximum atomic E-state index is 10.9. The summed E-state index contributed by atoms with van der Waals surface area (Å²) in [5.74, 6) is 0.280. The van der Waals surface area contributed by atoms with Gasteiger partial charge < -0.3 is 15.6 Å². The van der Waals surface area contributed by atoms with Crippen LogP contribution in [-0.2, 0) is 4.74 Å². The predicted octanol–water partition coefficient (Wildman–Crippen LogP) is 2.26. The van der Waals surface area contributed by atoms with Gasteiger partial charge in [0.1, 0.15) is 0 Å². The van der Waals surface area contributed by atoms with E-state index >= 15 is 0 Å². The van der Waals surface area contributed by atoms with Gasteiger partial charge in [-0.2, -0.15) is 9.78 Å². The van der Waals surface area contributed by atoms with Gasteiger partial charge >= 0.3 is 6.09 Å². The van der Waals surface area contributed by atoms with E-state index in [4.69, 9.17) is 20.6 Å². The minimum Gasteiger partial charge on any atom is -0.463 e. The van der Waals surface area contributed by atoms with E-state index in [0.717, 1.165) is 34.5 Å². The first-order valence-electron chi connectivity index (χ1n) is 7.19. The van der Waals surface area contributed by atoms with E-state index in [9.17, 15) is 4.79 Å². The second kappa shape index (κ2) is 5.76. The molecule has 0 aliphatic carbocycles. The summed E-state index contributed by atoms with van der Waals surface area (Å²) in [7, 11) is 0. The van der Waals surface area contributed by atoms with Crippen LogP contribution in [0.5, 0.6) is 0 Å². The highest BCUT2D eigenvalue weighted by Gasteiger charge is 2.21. The fourth-order valence-electron chi connectivity index (χ4n) is 2.79. The topological polar surface area (TPSA) is 103 Å². The van der Waals surface area contributed by atoms with Crippen LogP contribution in [0.2, 0.25) is 0 Å². The van der Waals surface area contributed by atoms with Gasteiger partial charge in [0.15, 0.2) is 0 Å². The van der Waals surface area contributed by atoms with E-state index in [1.54, 1.807) is 0 Å². The van der Waals surface area contributed by atoms with Crippen LogP contribution >= 0.6 is 0 Å². The van der Waals surface area contributed by atoms with Gasteiger partial charge in [0.2, 0.25) is 0 Å². The van der Waals surface area contributed by atoms with Crippen LogP contribution in [0.3, 0.4) is 0 Å². The fraction of sp³-hybridized carbons (Fsp3) is 0.400. The Morgan fingerprint density at radius 3 is 2.82 bits per heavy atom. The molecule has 0 aromatic carbocycles. The average molecular weight is 302 g/mol. The second-order valence-electron chi connectivity index (χ2n) is 5.47. The van der Waals surface area contributed by atoms with Crippen molar-refractivity contribution in [3.63, 3.8) is 0 Å². The van der Waals surface area contributed by atoms with Crippen molar-refractivity contribution in [1.29, 1.82) is 0 Å². The van der Waals surface area contributed by atoms with Crippen LogP contribution in [0.4, 0.5) is 10.5 Å². The minimum absolute atomic E-state index is 0.280. The third-order valence-corrected chi connectivity index (χ3v) is 3.93. The second-order valence-corrected chi connectivity index (χ2v) is 5.47. The van der Waals surface area contributed by atoms with Crippen LogP contribution in [0.25, 0.3) is 11.3 Å². The van der Waals surface area contributed by atoms with Gasteiger partial charge in [0, 0.05) is 30.9 Å². The SMILES string of the molecule is Cc1cc(N)c(C2CCOCC2)nc1-c1cnn(C(=O)O)c1. The highest BCUT2D eigenvalue weighted by atomic mass is 16.5. The van der Waals surface area contributed by atoms with Crippen LogP contribution in [-0.4, -0.2) is 39.2 Å². The molecule has 1 fully saturated rings.